The predicted molar refractivity (Wildman–Crippen MR) is 129 cm³/mol. The quantitative estimate of drug-likeness (QED) is 0.514. The van der Waals surface area contributed by atoms with Crippen molar-refractivity contribution in [2.75, 3.05) is 32.9 Å². The zero-order valence-corrected chi connectivity index (χ0v) is 19.9. The number of primary amides is 1. The summed E-state index contributed by atoms with van der Waals surface area (Å²) >= 11 is 0. The molecule has 0 atom stereocenters. The van der Waals surface area contributed by atoms with Crippen molar-refractivity contribution in [1.82, 2.24) is 4.57 Å². The molecule has 0 saturated heterocycles. The van der Waals surface area contributed by atoms with Crippen molar-refractivity contribution in [2.24, 2.45) is 5.73 Å². The Kier molecular flexibility index (Phi) is 6.49. The summed E-state index contributed by atoms with van der Waals surface area (Å²) in [4.78, 5) is 26.7. The number of nitrogens with two attached hydrogens (primary N) is 1. The van der Waals surface area contributed by atoms with Gasteiger partial charge in [0.15, 0.2) is 11.5 Å². The van der Waals surface area contributed by atoms with E-state index < -0.39 is 5.91 Å². The molecular formula is C26H29N3O5. The van der Waals surface area contributed by atoms with Gasteiger partial charge in [0, 0.05) is 43.3 Å². The van der Waals surface area contributed by atoms with E-state index in [1.54, 1.807) is 0 Å². The molecule has 2 heterocycles. The minimum Gasteiger partial charge on any atom is -0.469 e. The summed E-state index contributed by atoms with van der Waals surface area (Å²) in [5.41, 5.74) is 11.6. The van der Waals surface area contributed by atoms with Crippen molar-refractivity contribution in [2.45, 2.75) is 26.3 Å². The van der Waals surface area contributed by atoms with E-state index in [9.17, 15) is 9.59 Å². The number of ether oxygens (including phenoxy) is 3. The fourth-order valence-corrected chi connectivity index (χ4v) is 4.35. The number of anilines is 1. The number of methoxy groups -OCH3 is 1. The monoisotopic (exact) mass is 463 g/mol. The third-order valence-corrected chi connectivity index (χ3v) is 6.12. The van der Waals surface area contributed by atoms with Crippen molar-refractivity contribution in [3.8, 4) is 22.6 Å². The van der Waals surface area contributed by atoms with Gasteiger partial charge in [0.2, 0.25) is 6.79 Å². The Hall–Kier alpha value is -3.94. The van der Waals surface area contributed by atoms with Gasteiger partial charge in [-0.05, 0) is 48.7 Å². The summed E-state index contributed by atoms with van der Waals surface area (Å²) in [5, 5.41) is 0. The van der Waals surface area contributed by atoms with Crippen LogP contribution in [-0.2, 0) is 22.5 Å². The molecule has 1 amide bonds. The average Bonchev–Trinajstić information content (AvgIpc) is 3.39. The highest BCUT2D eigenvalue weighted by molar-refractivity contribution is 6.02. The largest absolute Gasteiger partial charge is 0.469 e. The molecule has 0 unspecified atom stereocenters. The summed E-state index contributed by atoms with van der Waals surface area (Å²) in [6.07, 6.45) is 0.582. The number of amides is 1. The fourth-order valence-electron chi connectivity index (χ4n) is 4.35. The molecule has 34 heavy (non-hydrogen) atoms. The van der Waals surface area contributed by atoms with Crippen LogP contribution < -0.4 is 20.1 Å². The van der Waals surface area contributed by atoms with E-state index in [0.717, 1.165) is 33.8 Å². The van der Waals surface area contributed by atoms with Gasteiger partial charge in [-0.3, -0.25) is 9.59 Å². The summed E-state index contributed by atoms with van der Waals surface area (Å²) in [6.45, 7) is 2.56. The summed E-state index contributed by atoms with van der Waals surface area (Å²) < 4.78 is 17.9. The van der Waals surface area contributed by atoms with Crippen LogP contribution in [0, 0.1) is 6.92 Å². The minimum atomic E-state index is -0.507. The lowest BCUT2D eigenvalue weighted by atomic mass is 9.97. The molecule has 0 fully saturated rings. The molecule has 0 bridgehead atoms. The Balaban J connectivity index is 1.84. The summed E-state index contributed by atoms with van der Waals surface area (Å²) in [6, 6.07) is 13.7. The van der Waals surface area contributed by atoms with Gasteiger partial charge in [0.1, 0.15) is 0 Å². The number of hydrogen-bond acceptors (Lipinski definition) is 6. The van der Waals surface area contributed by atoms with Crippen LogP contribution in [0.5, 0.6) is 11.5 Å². The first-order chi connectivity index (χ1) is 16.3. The maximum absolute atomic E-state index is 12.6. The highest BCUT2D eigenvalue weighted by Crippen LogP contribution is 2.37. The van der Waals surface area contributed by atoms with Gasteiger partial charge in [-0.2, -0.15) is 0 Å². The van der Waals surface area contributed by atoms with Gasteiger partial charge in [0.25, 0.3) is 5.91 Å². The van der Waals surface area contributed by atoms with Gasteiger partial charge in [-0.25, -0.2) is 0 Å². The molecule has 0 saturated carbocycles. The number of hydrogen-bond donors (Lipinski definition) is 1. The molecule has 1 aliphatic rings. The number of benzene rings is 2. The molecule has 8 nitrogen and oxygen atoms in total. The van der Waals surface area contributed by atoms with E-state index in [-0.39, 0.29) is 19.2 Å². The molecule has 8 heteroatoms. The van der Waals surface area contributed by atoms with Crippen molar-refractivity contribution in [1.29, 1.82) is 0 Å². The third kappa shape index (κ3) is 4.44. The van der Waals surface area contributed by atoms with Crippen molar-refractivity contribution in [3.63, 3.8) is 0 Å². The maximum Gasteiger partial charge on any atom is 0.305 e. The van der Waals surface area contributed by atoms with Gasteiger partial charge in [0.05, 0.1) is 19.1 Å². The number of rotatable bonds is 8. The number of aromatic nitrogens is 1. The highest BCUT2D eigenvalue weighted by Gasteiger charge is 2.26. The van der Waals surface area contributed by atoms with Crippen molar-refractivity contribution >= 4 is 17.6 Å². The van der Waals surface area contributed by atoms with Crippen LogP contribution in [0.3, 0.4) is 0 Å². The zero-order valence-electron chi connectivity index (χ0n) is 19.9. The van der Waals surface area contributed by atoms with E-state index >= 15 is 0 Å². The number of fused-ring (bicyclic) bond motifs is 1. The molecular weight excluding hydrogens is 434 g/mol. The Morgan fingerprint density at radius 2 is 1.79 bits per heavy atom. The van der Waals surface area contributed by atoms with Gasteiger partial charge in [-0.15, -0.1) is 0 Å². The number of esters is 1. The minimum absolute atomic E-state index is 0.183. The van der Waals surface area contributed by atoms with Crippen LogP contribution in [0.2, 0.25) is 0 Å². The Bertz CT molecular complexity index is 1230. The Labute approximate surface area is 198 Å². The third-order valence-electron chi connectivity index (χ3n) is 6.12. The van der Waals surface area contributed by atoms with Crippen molar-refractivity contribution in [3.05, 3.63) is 65.0 Å². The zero-order chi connectivity index (χ0) is 24.4. The molecule has 1 aromatic heterocycles. The highest BCUT2D eigenvalue weighted by atomic mass is 16.7. The molecule has 0 radical (unpaired) electrons. The molecule has 2 aromatic carbocycles. The molecule has 0 spiro atoms. The topological polar surface area (TPSA) is 96.0 Å². The first kappa shape index (κ1) is 23.2. The maximum atomic E-state index is 12.6. The van der Waals surface area contributed by atoms with Crippen molar-refractivity contribution < 1.29 is 23.8 Å². The second kappa shape index (κ2) is 9.51. The van der Waals surface area contributed by atoms with Gasteiger partial charge < -0.3 is 29.4 Å². The SMILES string of the molecule is COC(=O)CCc1c(-c2ccc(N(C)C)cc2)c(C(N)=O)c(C)n1Cc1ccc2c(c1)OCO2. The number of carbonyl (C=O) groups is 2. The van der Waals surface area contributed by atoms with Crippen LogP contribution >= 0.6 is 0 Å². The lowest BCUT2D eigenvalue weighted by molar-refractivity contribution is -0.140. The Morgan fingerprint density at radius 1 is 1.09 bits per heavy atom. The van der Waals surface area contributed by atoms with Crippen LogP contribution in [0.4, 0.5) is 5.69 Å². The summed E-state index contributed by atoms with van der Waals surface area (Å²) in [5.74, 6) is 0.572. The molecule has 4 rings (SSSR count). The van der Waals surface area contributed by atoms with E-state index in [1.807, 2.05) is 68.4 Å². The standard InChI is InChI=1S/C26H29N3O5/c1-16-24(26(27)31)25(18-6-8-19(9-7-18)28(2)3)20(10-12-23(30)32-4)29(16)14-17-5-11-21-22(13-17)34-15-33-21/h5-9,11,13H,10,12,14-15H2,1-4H3,(H2,27,31). The molecule has 178 valence electrons. The number of carbonyl (C=O) groups excluding carboxylic acids is 2. The van der Waals surface area contributed by atoms with E-state index in [0.29, 0.717) is 30.0 Å². The molecule has 0 aliphatic carbocycles. The smallest absolute Gasteiger partial charge is 0.305 e. The van der Waals surface area contributed by atoms with Crippen LogP contribution in [0.15, 0.2) is 42.5 Å². The van der Waals surface area contributed by atoms with E-state index in [1.165, 1.54) is 7.11 Å². The van der Waals surface area contributed by atoms with Crippen LogP contribution in [0.25, 0.3) is 11.1 Å². The second-order valence-corrected chi connectivity index (χ2v) is 8.44. The van der Waals surface area contributed by atoms with Gasteiger partial charge in [-0.1, -0.05) is 18.2 Å². The summed E-state index contributed by atoms with van der Waals surface area (Å²) in [7, 11) is 5.31. The fraction of sp³-hybridized carbons (Fsp3) is 0.308. The first-order valence-electron chi connectivity index (χ1n) is 11.0. The van der Waals surface area contributed by atoms with Gasteiger partial charge >= 0.3 is 5.97 Å². The lowest BCUT2D eigenvalue weighted by Gasteiger charge is -2.15. The normalized spacial score (nSPS) is 12.0. The van der Waals surface area contributed by atoms with E-state index in [2.05, 4.69) is 4.57 Å². The predicted octanol–water partition coefficient (Wildman–Crippen LogP) is 3.51. The van der Waals surface area contributed by atoms with Crippen LogP contribution in [-0.4, -0.2) is 44.4 Å². The Morgan fingerprint density at radius 3 is 2.44 bits per heavy atom. The second-order valence-electron chi connectivity index (χ2n) is 8.44. The van der Waals surface area contributed by atoms with E-state index in [4.69, 9.17) is 19.9 Å². The number of nitrogens with zero attached hydrogens (tertiary/aromatic N) is 2. The lowest BCUT2D eigenvalue weighted by Crippen LogP contribution is -2.13. The van der Waals surface area contributed by atoms with Crippen LogP contribution in [0.1, 0.15) is 33.7 Å². The molecule has 2 N–H and O–H groups in total. The first-order valence-corrected chi connectivity index (χ1v) is 11.0. The average molecular weight is 464 g/mol. The molecule has 1 aliphatic heterocycles. The molecule has 3 aromatic rings.